The van der Waals surface area contributed by atoms with Crippen LogP contribution in [0.25, 0.3) is 0 Å². The van der Waals surface area contributed by atoms with E-state index >= 15 is 0 Å². The van der Waals surface area contributed by atoms with Crippen molar-refractivity contribution >= 4 is 0 Å². The summed E-state index contributed by atoms with van der Waals surface area (Å²) in [5.74, 6) is 0. The standard InChI is InChI=1S/C12H20O2/c1-2-12(14)10-8-6-4-3-5-7-9-11-13/h2,4,6-7,9,12-14H,1,3,5,8,10-11H2. The van der Waals surface area contributed by atoms with E-state index in [0.29, 0.717) is 0 Å². The predicted octanol–water partition coefficient (Wildman–Crippen LogP) is 2.20. The molecule has 80 valence electrons. The molecule has 1 atom stereocenters. The first-order valence-electron chi connectivity index (χ1n) is 5.02. The second-order valence-electron chi connectivity index (χ2n) is 3.08. The highest BCUT2D eigenvalue weighted by Crippen LogP contribution is 2.00. The number of aliphatic hydroxyl groups excluding tert-OH is 2. The number of hydrogen-bond donors (Lipinski definition) is 2. The first-order valence-corrected chi connectivity index (χ1v) is 5.02. The molecule has 0 radical (unpaired) electrons. The highest BCUT2D eigenvalue weighted by molar-refractivity contribution is 4.89. The lowest BCUT2D eigenvalue weighted by Crippen LogP contribution is -1.99. The van der Waals surface area contributed by atoms with E-state index < -0.39 is 0 Å². The lowest BCUT2D eigenvalue weighted by atomic mass is 10.2. The summed E-state index contributed by atoms with van der Waals surface area (Å²) in [6, 6.07) is 0. The highest BCUT2D eigenvalue weighted by Gasteiger charge is 1.93. The van der Waals surface area contributed by atoms with Crippen LogP contribution in [0.3, 0.4) is 0 Å². The van der Waals surface area contributed by atoms with Gasteiger partial charge in [0.05, 0.1) is 12.7 Å². The van der Waals surface area contributed by atoms with Gasteiger partial charge in [0.15, 0.2) is 0 Å². The quantitative estimate of drug-likeness (QED) is 0.461. The van der Waals surface area contributed by atoms with Gasteiger partial charge >= 0.3 is 0 Å². The maximum atomic E-state index is 9.14. The van der Waals surface area contributed by atoms with E-state index in [1.54, 1.807) is 12.2 Å². The molecule has 0 heterocycles. The van der Waals surface area contributed by atoms with Gasteiger partial charge in [0.25, 0.3) is 0 Å². The highest BCUT2D eigenvalue weighted by atomic mass is 16.3. The fourth-order valence-electron chi connectivity index (χ4n) is 1.01. The number of allylic oxidation sites excluding steroid dienone is 3. The summed E-state index contributed by atoms with van der Waals surface area (Å²) in [5, 5.41) is 17.6. The second-order valence-corrected chi connectivity index (χ2v) is 3.08. The molecule has 0 aromatic rings. The molecular formula is C12H20O2. The lowest BCUT2D eigenvalue weighted by molar-refractivity contribution is 0.214. The van der Waals surface area contributed by atoms with Crippen LogP contribution in [0.2, 0.25) is 0 Å². The summed E-state index contributed by atoms with van der Waals surface area (Å²) in [6.45, 7) is 3.62. The molecule has 1 unspecified atom stereocenters. The summed E-state index contributed by atoms with van der Waals surface area (Å²) < 4.78 is 0. The number of aliphatic hydroxyl groups is 2. The molecule has 0 rings (SSSR count). The first kappa shape index (κ1) is 13.1. The molecule has 2 nitrogen and oxygen atoms in total. The molecule has 0 aliphatic carbocycles. The molecule has 0 aromatic carbocycles. The zero-order valence-electron chi connectivity index (χ0n) is 8.60. The van der Waals surface area contributed by atoms with Gasteiger partial charge in [0.2, 0.25) is 0 Å². The van der Waals surface area contributed by atoms with Crippen molar-refractivity contribution in [1.82, 2.24) is 0 Å². The van der Waals surface area contributed by atoms with Gasteiger partial charge in [-0.25, -0.2) is 0 Å². The molecule has 0 aliphatic rings. The molecule has 14 heavy (non-hydrogen) atoms. The van der Waals surface area contributed by atoms with Crippen molar-refractivity contribution < 1.29 is 10.2 Å². The van der Waals surface area contributed by atoms with Crippen LogP contribution in [-0.2, 0) is 0 Å². The minimum atomic E-state index is -0.381. The molecule has 0 spiro atoms. The fraction of sp³-hybridized carbons (Fsp3) is 0.500. The van der Waals surface area contributed by atoms with Crippen LogP contribution in [0.1, 0.15) is 25.7 Å². The van der Waals surface area contributed by atoms with Gasteiger partial charge in [-0.2, -0.15) is 0 Å². The van der Waals surface area contributed by atoms with Crippen molar-refractivity contribution in [2.24, 2.45) is 0 Å². The Bertz CT molecular complexity index is 183. The third-order valence-electron chi connectivity index (χ3n) is 1.84. The van der Waals surface area contributed by atoms with Gasteiger partial charge in [-0.05, 0) is 25.7 Å². The third-order valence-corrected chi connectivity index (χ3v) is 1.84. The molecule has 0 fully saturated rings. The monoisotopic (exact) mass is 196 g/mol. The van der Waals surface area contributed by atoms with Gasteiger partial charge in [0.1, 0.15) is 0 Å². The minimum Gasteiger partial charge on any atom is -0.392 e. The zero-order valence-corrected chi connectivity index (χ0v) is 8.60. The van der Waals surface area contributed by atoms with Gasteiger partial charge < -0.3 is 10.2 Å². The van der Waals surface area contributed by atoms with Gasteiger partial charge in [-0.3, -0.25) is 0 Å². The van der Waals surface area contributed by atoms with E-state index in [1.807, 2.05) is 6.08 Å². The van der Waals surface area contributed by atoms with Crippen LogP contribution in [0.15, 0.2) is 37.0 Å². The Labute approximate surface area is 86.3 Å². The van der Waals surface area contributed by atoms with Crippen LogP contribution in [0.5, 0.6) is 0 Å². The number of hydrogen-bond acceptors (Lipinski definition) is 2. The second kappa shape index (κ2) is 10.2. The Balaban J connectivity index is 3.27. The average Bonchev–Trinajstić information content (AvgIpc) is 2.21. The Kier molecular flexibility index (Phi) is 9.59. The zero-order chi connectivity index (χ0) is 10.6. The molecule has 0 aliphatic heterocycles. The fourth-order valence-corrected chi connectivity index (χ4v) is 1.01. The minimum absolute atomic E-state index is 0.120. The summed E-state index contributed by atoms with van der Waals surface area (Å²) in [5.41, 5.74) is 0. The van der Waals surface area contributed by atoms with Gasteiger partial charge in [0, 0.05) is 0 Å². The van der Waals surface area contributed by atoms with Gasteiger partial charge in [-0.1, -0.05) is 30.4 Å². The van der Waals surface area contributed by atoms with E-state index in [4.69, 9.17) is 10.2 Å². The Morgan fingerprint density at radius 3 is 2.14 bits per heavy atom. The molecule has 0 amide bonds. The molecule has 0 bridgehead atoms. The Morgan fingerprint density at radius 1 is 1.00 bits per heavy atom. The Morgan fingerprint density at radius 2 is 1.57 bits per heavy atom. The van der Waals surface area contributed by atoms with E-state index in [2.05, 4.69) is 18.7 Å². The predicted molar refractivity (Wildman–Crippen MR) is 60.0 cm³/mol. The van der Waals surface area contributed by atoms with E-state index in [9.17, 15) is 0 Å². The first-order chi connectivity index (χ1) is 6.81. The van der Waals surface area contributed by atoms with Crippen LogP contribution in [-0.4, -0.2) is 22.9 Å². The van der Waals surface area contributed by atoms with Crippen molar-refractivity contribution in [2.45, 2.75) is 31.8 Å². The number of unbranched alkanes of at least 4 members (excludes halogenated alkanes) is 1. The van der Waals surface area contributed by atoms with Crippen molar-refractivity contribution in [3.63, 3.8) is 0 Å². The summed E-state index contributed by atoms with van der Waals surface area (Å²) in [4.78, 5) is 0. The summed E-state index contributed by atoms with van der Waals surface area (Å²) in [6.07, 6.45) is 12.6. The summed E-state index contributed by atoms with van der Waals surface area (Å²) in [7, 11) is 0. The van der Waals surface area contributed by atoms with Crippen molar-refractivity contribution in [3.8, 4) is 0 Å². The van der Waals surface area contributed by atoms with Crippen LogP contribution < -0.4 is 0 Å². The largest absolute Gasteiger partial charge is 0.392 e. The Hall–Kier alpha value is -0.860. The molecule has 0 aromatic heterocycles. The molecule has 2 N–H and O–H groups in total. The van der Waals surface area contributed by atoms with Gasteiger partial charge in [-0.15, -0.1) is 6.58 Å². The summed E-state index contributed by atoms with van der Waals surface area (Å²) >= 11 is 0. The van der Waals surface area contributed by atoms with Crippen molar-refractivity contribution in [3.05, 3.63) is 37.0 Å². The topological polar surface area (TPSA) is 40.5 Å². The molecule has 0 saturated heterocycles. The maximum Gasteiger partial charge on any atom is 0.0721 e. The van der Waals surface area contributed by atoms with E-state index in [-0.39, 0.29) is 12.7 Å². The van der Waals surface area contributed by atoms with Crippen molar-refractivity contribution in [2.75, 3.05) is 6.61 Å². The number of rotatable bonds is 8. The van der Waals surface area contributed by atoms with E-state index in [1.165, 1.54) is 0 Å². The molecule has 2 heteroatoms. The van der Waals surface area contributed by atoms with Crippen molar-refractivity contribution in [1.29, 1.82) is 0 Å². The van der Waals surface area contributed by atoms with E-state index in [0.717, 1.165) is 25.7 Å². The van der Waals surface area contributed by atoms with Crippen LogP contribution in [0.4, 0.5) is 0 Å². The molecule has 0 saturated carbocycles. The van der Waals surface area contributed by atoms with Crippen LogP contribution in [0, 0.1) is 0 Å². The third kappa shape index (κ3) is 9.23. The normalized spacial score (nSPS) is 13.9. The average molecular weight is 196 g/mol. The lowest BCUT2D eigenvalue weighted by Gasteiger charge is -1.99. The molecular weight excluding hydrogens is 176 g/mol. The smallest absolute Gasteiger partial charge is 0.0721 e. The SMILES string of the molecule is C=CC(O)CCC=CCCC=CCO. The van der Waals surface area contributed by atoms with Crippen LogP contribution >= 0.6 is 0 Å². The maximum absolute atomic E-state index is 9.14.